The van der Waals surface area contributed by atoms with Crippen molar-refractivity contribution in [1.82, 2.24) is 19.9 Å². The number of aryl methyl sites for hydroxylation is 2. The number of anilines is 2. The molecule has 3 aromatic rings. The zero-order valence-corrected chi connectivity index (χ0v) is 15.0. The number of nitrogens with one attached hydrogen (secondary N) is 2. The first kappa shape index (κ1) is 16.5. The number of H-pyrrole nitrogens is 1. The number of hydrogen-bond acceptors (Lipinski definition) is 6. The van der Waals surface area contributed by atoms with Gasteiger partial charge in [-0.15, -0.1) is 0 Å². The molecular weight excluding hydrogens is 328 g/mol. The lowest BCUT2D eigenvalue weighted by atomic mass is 10.1. The van der Waals surface area contributed by atoms with Gasteiger partial charge in [0.05, 0.1) is 10.9 Å². The molecule has 0 radical (unpaired) electrons. The molecule has 1 aliphatic heterocycles. The lowest BCUT2D eigenvalue weighted by Crippen LogP contribution is -2.40. The van der Waals surface area contributed by atoms with Crippen LogP contribution < -0.4 is 15.8 Å². The van der Waals surface area contributed by atoms with Gasteiger partial charge in [-0.3, -0.25) is 9.78 Å². The molecule has 0 atom stereocenters. The summed E-state index contributed by atoms with van der Waals surface area (Å²) >= 11 is 0. The monoisotopic (exact) mass is 350 g/mol. The Hall–Kier alpha value is -2.96. The molecule has 7 nitrogen and oxygen atoms in total. The van der Waals surface area contributed by atoms with Gasteiger partial charge in [0.2, 0.25) is 5.95 Å². The van der Waals surface area contributed by atoms with Crippen LogP contribution in [0.3, 0.4) is 0 Å². The summed E-state index contributed by atoms with van der Waals surface area (Å²) in [5.41, 5.74) is 1.59. The predicted octanol–water partition coefficient (Wildman–Crippen LogP) is 2.41. The Balaban J connectivity index is 1.45. The molecule has 134 valence electrons. The van der Waals surface area contributed by atoms with E-state index in [0.29, 0.717) is 16.9 Å². The Kier molecular flexibility index (Phi) is 4.28. The van der Waals surface area contributed by atoms with E-state index in [1.807, 2.05) is 38.1 Å². The first-order valence-electron chi connectivity index (χ1n) is 8.91. The molecule has 3 heterocycles. The van der Waals surface area contributed by atoms with E-state index in [9.17, 15) is 4.79 Å². The Morgan fingerprint density at radius 3 is 2.65 bits per heavy atom. The lowest BCUT2D eigenvalue weighted by molar-refractivity contribution is 0.520. The van der Waals surface area contributed by atoms with Gasteiger partial charge >= 0.3 is 0 Å². The smallest absolute Gasteiger partial charge is 0.260 e. The summed E-state index contributed by atoms with van der Waals surface area (Å²) in [7, 11) is 0. The number of hydrogen-bond donors (Lipinski definition) is 2. The van der Waals surface area contributed by atoms with E-state index in [2.05, 4.69) is 30.2 Å². The van der Waals surface area contributed by atoms with E-state index < -0.39 is 0 Å². The van der Waals surface area contributed by atoms with Crippen LogP contribution in [0.2, 0.25) is 0 Å². The Morgan fingerprint density at radius 2 is 1.88 bits per heavy atom. The summed E-state index contributed by atoms with van der Waals surface area (Å²) in [5, 5.41) is 4.00. The van der Waals surface area contributed by atoms with Crippen LogP contribution in [0.1, 0.15) is 24.4 Å². The minimum absolute atomic E-state index is 0.109. The summed E-state index contributed by atoms with van der Waals surface area (Å²) in [6.45, 7) is 5.73. The first-order chi connectivity index (χ1) is 12.6. The van der Waals surface area contributed by atoms with Gasteiger partial charge in [0, 0.05) is 30.9 Å². The molecule has 0 bridgehead atoms. The zero-order valence-electron chi connectivity index (χ0n) is 15.0. The van der Waals surface area contributed by atoms with Crippen LogP contribution in [0, 0.1) is 13.8 Å². The average molecular weight is 350 g/mol. The number of aromatic nitrogens is 4. The maximum absolute atomic E-state index is 12.2. The van der Waals surface area contributed by atoms with E-state index in [1.165, 1.54) is 0 Å². The van der Waals surface area contributed by atoms with Crippen LogP contribution in [0.4, 0.5) is 11.8 Å². The number of fused-ring (bicyclic) bond motifs is 1. The van der Waals surface area contributed by atoms with Crippen molar-refractivity contribution in [1.29, 1.82) is 0 Å². The van der Waals surface area contributed by atoms with E-state index in [4.69, 9.17) is 0 Å². The van der Waals surface area contributed by atoms with Crippen molar-refractivity contribution in [3.05, 3.63) is 52.2 Å². The van der Waals surface area contributed by atoms with Crippen LogP contribution in [-0.2, 0) is 0 Å². The number of para-hydroxylation sites is 1. The van der Waals surface area contributed by atoms with Crippen molar-refractivity contribution < 1.29 is 0 Å². The van der Waals surface area contributed by atoms with Gasteiger partial charge in [-0.05, 0) is 38.8 Å². The Bertz CT molecular complexity index is 970. The third kappa shape index (κ3) is 3.37. The fraction of sp³-hybridized carbons (Fsp3) is 0.368. The number of piperidine rings is 1. The number of nitrogens with zero attached hydrogens (tertiary/aromatic N) is 4. The SMILES string of the molecule is Cc1cc(N2CCC(Nc3nc4ccccc4c(=O)[nH]3)CC2)nc(C)n1. The van der Waals surface area contributed by atoms with Gasteiger partial charge in [-0.1, -0.05) is 12.1 Å². The maximum Gasteiger partial charge on any atom is 0.260 e. The molecule has 1 fully saturated rings. The molecule has 0 aliphatic carbocycles. The normalized spacial score (nSPS) is 15.4. The third-order valence-corrected chi connectivity index (χ3v) is 4.73. The topological polar surface area (TPSA) is 86.8 Å². The van der Waals surface area contributed by atoms with Crippen molar-refractivity contribution in [2.45, 2.75) is 32.7 Å². The summed E-state index contributed by atoms with van der Waals surface area (Å²) in [6.07, 6.45) is 1.91. The van der Waals surface area contributed by atoms with Crippen LogP contribution in [0.15, 0.2) is 35.1 Å². The summed E-state index contributed by atoms with van der Waals surface area (Å²) in [4.78, 5) is 30.7. The molecule has 1 saturated heterocycles. The second kappa shape index (κ2) is 6.74. The minimum Gasteiger partial charge on any atom is -0.356 e. The zero-order chi connectivity index (χ0) is 18.1. The molecular formula is C19H22N6O. The van der Waals surface area contributed by atoms with E-state index in [0.717, 1.165) is 43.3 Å². The molecule has 0 amide bonds. The van der Waals surface area contributed by atoms with Crippen molar-refractivity contribution in [2.75, 3.05) is 23.3 Å². The quantitative estimate of drug-likeness (QED) is 0.754. The van der Waals surface area contributed by atoms with Crippen LogP contribution in [0.5, 0.6) is 0 Å². The second-order valence-corrected chi connectivity index (χ2v) is 6.75. The highest BCUT2D eigenvalue weighted by atomic mass is 16.1. The molecule has 0 unspecified atom stereocenters. The standard InChI is InChI=1S/C19H22N6O/c1-12-11-17(21-13(2)20-12)25-9-7-14(8-10-25)22-19-23-16-6-4-3-5-15(16)18(26)24-19/h3-6,11,14H,7-10H2,1-2H3,(H2,22,23,24,26). The summed E-state index contributed by atoms with van der Waals surface area (Å²) in [5.74, 6) is 2.34. The van der Waals surface area contributed by atoms with Crippen molar-refractivity contribution in [3.8, 4) is 0 Å². The molecule has 0 spiro atoms. The largest absolute Gasteiger partial charge is 0.356 e. The summed E-state index contributed by atoms with van der Waals surface area (Å²) in [6, 6.07) is 9.69. The highest BCUT2D eigenvalue weighted by Crippen LogP contribution is 2.20. The van der Waals surface area contributed by atoms with E-state index in [1.54, 1.807) is 6.07 Å². The molecule has 2 N–H and O–H groups in total. The van der Waals surface area contributed by atoms with E-state index in [-0.39, 0.29) is 11.6 Å². The van der Waals surface area contributed by atoms with Crippen LogP contribution >= 0.6 is 0 Å². The summed E-state index contributed by atoms with van der Waals surface area (Å²) < 4.78 is 0. The fourth-order valence-electron chi connectivity index (χ4n) is 3.46. The molecule has 2 aromatic heterocycles. The molecule has 0 saturated carbocycles. The molecule has 26 heavy (non-hydrogen) atoms. The number of aromatic amines is 1. The average Bonchev–Trinajstić information content (AvgIpc) is 2.61. The van der Waals surface area contributed by atoms with Crippen molar-refractivity contribution in [2.24, 2.45) is 0 Å². The first-order valence-corrected chi connectivity index (χ1v) is 8.91. The Labute approximate surface area is 151 Å². The van der Waals surface area contributed by atoms with Crippen molar-refractivity contribution >= 4 is 22.7 Å². The van der Waals surface area contributed by atoms with Gasteiger partial charge in [0.1, 0.15) is 11.6 Å². The van der Waals surface area contributed by atoms with Gasteiger partial charge in [-0.25, -0.2) is 15.0 Å². The van der Waals surface area contributed by atoms with Crippen LogP contribution in [-0.4, -0.2) is 39.1 Å². The van der Waals surface area contributed by atoms with Gasteiger partial charge in [0.25, 0.3) is 5.56 Å². The molecule has 7 heteroatoms. The predicted molar refractivity (Wildman–Crippen MR) is 103 cm³/mol. The highest BCUT2D eigenvalue weighted by molar-refractivity contribution is 5.78. The Morgan fingerprint density at radius 1 is 1.12 bits per heavy atom. The third-order valence-electron chi connectivity index (χ3n) is 4.73. The van der Waals surface area contributed by atoms with E-state index >= 15 is 0 Å². The lowest BCUT2D eigenvalue weighted by Gasteiger charge is -2.33. The molecule has 1 aromatic carbocycles. The minimum atomic E-state index is -0.109. The maximum atomic E-state index is 12.2. The van der Waals surface area contributed by atoms with Gasteiger partial charge in [0.15, 0.2) is 0 Å². The number of benzene rings is 1. The van der Waals surface area contributed by atoms with Gasteiger partial charge in [-0.2, -0.15) is 0 Å². The van der Waals surface area contributed by atoms with Crippen molar-refractivity contribution in [3.63, 3.8) is 0 Å². The van der Waals surface area contributed by atoms with Crippen LogP contribution in [0.25, 0.3) is 10.9 Å². The van der Waals surface area contributed by atoms with Gasteiger partial charge < -0.3 is 10.2 Å². The molecule has 1 aliphatic rings. The second-order valence-electron chi connectivity index (χ2n) is 6.75. The highest BCUT2D eigenvalue weighted by Gasteiger charge is 2.21. The fourth-order valence-corrected chi connectivity index (χ4v) is 3.46. The molecule has 4 rings (SSSR count). The number of rotatable bonds is 3.